The monoisotopic (exact) mass is 322 g/mol. The molecule has 0 bridgehead atoms. The molecule has 7 heteroatoms. The van der Waals surface area contributed by atoms with Crippen molar-refractivity contribution in [3.8, 4) is 5.69 Å². The second-order valence-corrected chi connectivity index (χ2v) is 6.60. The number of nitrogens with zero attached hydrogens (tertiary/aromatic N) is 3. The molecule has 1 fully saturated rings. The van der Waals surface area contributed by atoms with E-state index >= 15 is 0 Å². The predicted molar refractivity (Wildman–Crippen MR) is 85.2 cm³/mol. The van der Waals surface area contributed by atoms with Crippen molar-refractivity contribution >= 4 is 35.8 Å². The number of carbonyl (C=O) groups is 1. The summed E-state index contributed by atoms with van der Waals surface area (Å²) in [4.78, 5) is 16.1. The van der Waals surface area contributed by atoms with Crippen LogP contribution in [-0.4, -0.2) is 25.4 Å². The van der Waals surface area contributed by atoms with Gasteiger partial charge in [-0.2, -0.15) is 17.7 Å². The van der Waals surface area contributed by atoms with E-state index in [1.807, 2.05) is 12.1 Å². The number of rotatable bonds is 4. The molecule has 0 spiro atoms. The van der Waals surface area contributed by atoms with E-state index in [0.29, 0.717) is 12.1 Å². The van der Waals surface area contributed by atoms with E-state index in [4.69, 9.17) is 11.6 Å². The van der Waals surface area contributed by atoms with Gasteiger partial charge in [0.05, 0.1) is 23.8 Å². The second kappa shape index (κ2) is 5.69. The molecule has 0 aliphatic heterocycles. The van der Waals surface area contributed by atoms with Crippen LogP contribution < -0.4 is 5.32 Å². The summed E-state index contributed by atoms with van der Waals surface area (Å²) in [6.07, 6.45) is 8.52. The number of amides is 1. The summed E-state index contributed by atoms with van der Waals surface area (Å²) < 4.78 is 1.43. The third-order valence-electron chi connectivity index (χ3n) is 3.63. The largest absolute Gasteiger partial charge is 0.322 e. The molecule has 5 nitrogen and oxygen atoms in total. The lowest BCUT2D eigenvalue weighted by Crippen LogP contribution is -2.35. The first kappa shape index (κ1) is 14.4. The summed E-state index contributed by atoms with van der Waals surface area (Å²) in [6, 6.07) is 3.67. The highest BCUT2D eigenvalue weighted by Gasteiger charge is 2.35. The van der Waals surface area contributed by atoms with Crippen molar-refractivity contribution in [2.75, 3.05) is 5.32 Å². The van der Waals surface area contributed by atoms with Crippen LogP contribution in [0.15, 0.2) is 30.7 Å². The Hall–Kier alpha value is -1.53. The molecule has 0 atom stereocenters. The Kier molecular flexibility index (Phi) is 3.91. The third kappa shape index (κ3) is 3.22. The van der Waals surface area contributed by atoms with Crippen LogP contribution in [0.25, 0.3) is 5.69 Å². The average molecular weight is 323 g/mol. The first-order valence-electron chi connectivity index (χ1n) is 6.74. The molecule has 21 heavy (non-hydrogen) atoms. The third-order valence-corrected chi connectivity index (χ3v) is 4.51. The van der Waals surface area contributed by atoms with Crippen molar-refractivity contribution < 1.29 is 4.79 Å². The Balaban J connectivity index is 1.71. The Morgan fingerprint density at radius 3 is 2.95 bits per heavy atom. The minimum atomic E-state index is -0.157. The van der Waals surface area contributed by atoms with Gasteiger partial charge in [0.25, 0.3) is 0 Å². The summed E-state index contributed by atoms with van der Waals surface area (Å²) in [7, 11) is 0. The van der Waals surface area contributed by atoms with E-state index in [9.17, 15) is 4.79 Å². The van der Waals surface area contributed by atoms with Gasteiger partial charge in [0, 0.05) is 17.4 Å². The van der Waals surface area contributed by atoms with Crippen LogP contribution in [0.5, 0.6) is 0 Å². The topological polar surface area (TPSA) is 59.8 Å². The van der Waals surface area contributed by atoms with E-state index in [0.717, 1.165) is 24.9 Å². The van der Waals surface area contributed by atoms with E-state index in [-0.39, 0.29) is 15.8 Å². The van der Waals surface area contributed by atoms with Crippen LogP contribution in [0, 0.1) is 0 Å². The number of aromatic nitrogens is 3. The maximum atomic E-state index is 12.1. The lowest BCUT2D eigenvalue weighted by Gasteiger charge is -2.36. The molecule has 3 rings (SSSR count). The molecule has 2 aromatic rings. The zero-order valence-corrected chi connectivity index (χ0v) is 12.9. The van der Waals surface area contributed by atoms with Crippen LogP contribution in [0.3, 0.4) is 0 Å². The average Bonchev–Trinajstić information content (AvgIpc) is 2.79. The van der Waals surface area contributed by atoms with Gasteiger partial charge in [-0.3, -0.25) is 9.78 Å². The first-order valence-corrected chi connectivity index (χ1v) is 7.56. The normalized spacial score (nSPS) is 16.3. The Morgan fingerprint density at radius 2 is 2.33 bits per heavy atom. The van der Waals surface area contributed by atoms with Gasteiger partial charge in [-0.05, 0) is 25.0 Å². The SMILES string of the molecule is O=C(CC1(S)CCC1)Nc1cn(-c2cccnc2)nc1Cl. The number of thiol groups is 1. The minimum absolute atomic E-state index is 0.0858. The number of hydrogen-bond acceptors (Lipinski definition) is 4. The zero-order chi connectivity index (χ0) is 14.9. The summed E-state index contributed by atoms with van der Waals surface area (Å²) in [6.45, 7) is 0. The van der Waals surface area contributed by atoms with Crippen LogP contribution in [0.2, 0.25) is 5.15 Å². The Labute approximate surface area is 133 Å². The number of halogens is 1. The summed E-state index contributed by atoms with van der Waals surface area (Å²) in [5.74, 6) is -0.0858. The molecule has 0 radical (unpaired) electrons. The van der Waals surface area contributed by atoms with Gasteiger partial charge in [0.15, 0.2) is 5.15 Å². The molecule has 1 aliphatic carbocycles. The smallest absolute Gasteiger partial charge is 0.225 e. The number of pyridine rings is 1. The highest BCUT2D eigenvalue weighted by molar-refractivity contribution is 7.81. The molecule has 1 aliphatic rings. The number of anilines is 1. The summed E-state index contributed by atoms with van der Waals surface area (Å²) in [5.41, 5.74) is 1.28. The molecule has 0 saturated heterocycles. The highest BCUT2D eigenvalue weighted by Crippen LogP contribution is 2.41. The fourth-order valence-electron chi connectivity index (χ4n) is 2.31. The predicted octanol–water partition coefficient (Wildman–Crippen LogP) is 3.10. The molecule has 0 unspecified atom stereocenters. The van der Waals surface area contributed by atoms with E-state index < -0.39 is 0 Å². The van der Waals surface area contributed by atoms with Crippen LogP contribution in [0.4, 0.5) is 5.69 Å². The first-order chi connectivity index (χ1) is 10.1. The lowest BCUT2D eigenvalue weighted by molar-refractivity contribution is -0.117. The van der Waals surface area contributed by atoms with Gasteiger partial charge in [0.2, 0.25) is 5.91 Å². The summed E-state index contributed by atoms with van der Waals surface area (Å²) >= 11 is 10.6. The van der Waals surface area contributed by atoms with E-state index in [1.54, 1.807) is 23.3 Å². The van der Waals surface area contributed by atoms with Crippen molar-refractivity contribution in [3.05, 3.63) is 35.9 Å². The molecule has 2 heterocycles. The number of hydrogen-bond donors (Lipinski definition) is 2. The van der Waals surface area contributed by atoms with Gasteiger partial charge < -0.3 is 5.32 Å². The maximum Gasteiger partial charge on any atom is 0.225 e. The molecular weight excluding hydrogens is 308 g/mol. The van der Waals surface area contributed by atoms with Gasteiger partial charge in [-0.15, -0.1) is 0 Å². The molecular formula is C14H15ClN4OS. The molecule has 110 valence electrons. The Bertz CT molecular complexity index is 654. The highest BCUT2D eigenvalue weighted by atomic mass is 35.5. The molecule has 1 N–H and O–H groups in total. The van der Waals surface area contributed by atoms with Crippen molar-refractivity contribution in [1.82, 2.24) is 14.8 Å². The van der Waals surface area contributed by atoms with Crippen LogP contribution in [0.1, 0.15) is 25.7 Å². The van der Waals surface area contributed by atoms with Crippen molar-refractivity contribution in [3.63, 3.8) is 0 Å². The molecule has 1 amide bonds. The fourth-order valence-corrected chi connectivity index (χ4v) is 2.95. The number of nitrogens with one attached hydrogen (secondary N) is 1. The van der Waals surface area contributed by atoms with E-state index in [2.05, 4.69) is 28.0 Å². The molecule has 0 aromatic carbocycles. The standard InChI is InChI=1S/C14H15ClN4OS/c15-13-11(17-12(20)7-14(21)4-2-5-14)9-19(18-13)10-3-1-6-16-8-10/h1,3,6,8-9,21H,2,4-5,7H2,(H,17,20). The quantitative estimate of drug-likeness (QED) is 0.850. The van der Waals surface area contributed by atoms with Gasteiger partial charge in [0.1, 0.15) is 0 Å². The minimum Gasteiger partial charge on any atom is -0.322 e. The Morgan fingerprint density at radius 1 is 1.52 bits per heavy atom. The van der Waals surface area contributed by atoms with Gasteiger partial charge in [-0.25, -0.2) is 4.68 Å². The zero-order valence-electron chi connectivity index (χ0n) is 11.3. The van der Waals surface area contributed by atoms with Gasteiger partial charge >= 0.3 is 0 Å². The van der Waals surface area contributed by atoms with E-state index in [1.165, 1.54) is 0 Å². The van der Waals surface area contributed by atoms with Crippen molar-refractivity contribution in [2.24, 2.45) is 0 Å². The van der Waals surface area contributed by atoms with Crippen LogP contribution in [-0.2, 0) is 4.79 Å². The number of carbonyl (C=O) groups excluding carboxylic acids is 1. The van der Waals surface area contributed by atoms with Gasteiger partial charge in [-0.1, -0.05) is 18.0 Å². The molecule has 2 aromatic heterocycles. The van der Waals surface area contributed by atoms with Crippen LogP contribution >= 0.6 is 24.2 Å². The van der Waals surface area contributed by atoms with Crippen molar-refractivity contribution in [1.29, 1.82) is 0 Å². The maximum absolute atomic E-state index is 12.1. The molecule has 1 saturated carbocycles. The fraction of sp³-hybridized carbons (Fsp3) is 0.357. The van der Waals surface area contributed by atoms with Crippen molar-refractivity contribution in [2.45, 2.75) is 30.4 Å². The summed E-state index contributed by atoms with van der Waals surface area (Å²) in [5, 5.41) is 7.23. The second-order valence-electron chi connectivity index (χ2n) is 5.29. The lowest BCUT2D eigenvalue weighted by atomic mass is 9.81.